The maximum absolute atomic E-state index is 12.3. The van der Waals surface area contributed by atoms with Gasteiger partial charge in [0.1, 0.15) is 12.1 Å². The fourth-order valence-electron chi connectivity index (χ4n) is 2.69. The predicted molar refractivity (Wildman–Crippen MR) is 87.4 cm³/mol. The predicted octanol–water partition coefficient (Wildman–Crippen LogP) is -0.0572. The molecule has 1 aromatic heterocycles. The van der Waals surface area contributed by atoms with Crippen molar-refractivity contribution in [2.75, 3.05) is 26.7 Å². The molecule has 2 aromatic rings. The van der Waals surface area contributed by atoms with Gasteiger partial charge in [-0.05, 0) is 28.1 Å². The Labute approximate surface area is 145 Å². The Bertz CT molecular complexity index is 716. The number of amides is 2. The van der Waals surface area contributed by atoms with Crippen molar-refractivity contribution in [1.29, 1.82) is 0 Å². The molecule has 1 fully saturated rings. The summed E-state index contributed by atoms with van der Waals surface area (Å²) in [5.41, 5.74) is 1.03. The number of nitrogens with zero attached hydrogens (tertiary/aromatic N) is 6. The Morgan fingerprint density at radius 2 is 2.04 bits per heavy atom. The van der Waals surface area contributed by atoms with Gasteiger partial charge in [-0.3, -0.25) is 9.59 Å². The molecule has 25 heavy (non-hydrogen) atoms. The monoisotopic (exact) mass is 344 g/mol. The average Bonchev–Trinajstić information content (AvgIpc) is 3.15. The molecule has 0 atom stereocenters. The fourth-order valence-corrected chi connectivity index (χ4v) is 2.69. The number of hydrogen-bond acceptors (Lipinski definition) is 6. The summed E-state index contributed by atoms with van der Waals surface area (Å²) >= 11 is 0. The van der Waals surface area contributed by atoms with Crippen molar-refractivity contribution in [3.8, 4) is 5.75 Å². The van der Waals surface area contributed by atoms with Crippen LogP contribution in [0.15, 0.2) is 30.6 Å². The largest absolute Gasteiger partial charge is 0.497 e. The Morgan fingerprint density at radius 1 is 1.24 bits per heavy atom. The van der Waals surface area contributed by atoms with Gasteiger partial charge in [0.15, 0.2) is 0 Å². The number of aromatic nitrogens is 4. The number of hydrogen-bond donors (Lipinski definition) is 0. The molecule has 1 saturated heterocycles. The third-order valence-electron chi connectivity index (χ3n) is 4.15. The molecule has 1 aromatic carbocycles. The van der Waals surface area contributed by atoms with Crippen LogP contribution in [0.2, 0.25) is 0 Å². The van der Waals surface area contributed by atoms with Gasteiger partial charge in [0.2, 0.25) is 11.8 Å². The molecule has 0 N–H and O–H groups in total. The molecule has 2 heterocycles. The van der Waals surface area contributed by atoms with E-state index in [1.807, 2.05) is 24.3 Å². The highest BCUT2D eigenvalue weighted by atomic mass is 16.5. The molecular weight excluding hydrogens is 324 g/mol. The van der Waals surface area contributed by atoms with Crippen LogP contribution in [0.5, 0.6) is 5.75 Å². The minimum atomic E-state index is -0.0621. The van der Waals surface area contributed by atoms with E-state index in [0.29, 0.717) is 26.2 Å². The van der Waals surface area contributed by atoms with Crippen LogP contribution < -0.4 is 4.74 Å². The van der Waals surface area contributed by atoms with Crippen LogP contribution in [0.25, 0.3) is 0 Å². The molecule has 2 amide bonds. The van der Waals surface area contributed by atoms with E-state index < -0.39 is 0 Å². The first-order chi connectivity index (χ1) is 12.2. The summed E-state index contributed by atoms with van der Waals surface area (Å²) in [6, 6.07) is 7.63. The lowest BCUT2D eigenvalue weighted by Gasteiger charge is -2.34. The highest BCUT2D eigenvalue weighted by molar-refractivity contribution is 5.86. The standard InChI is InChI=1S/C16H20N6O3/c1-25-14-4-2-13(3-5-14)10-20-8-9-21(11-16(20)24)15(23)6-7-22-12-17-18-19-22/h2-5,12H,6-11H2,1H3. The van der Waals surface area contributed by atoms with E-state index >= 15 is 0 Å². The van der Waals surface area contributed by atoms with Crippen LogP contribution in [-0.2, 0) is 22.7 Å². The normalized spacial score (nSPS) is 14.7. The van der Waals surface area contributed by atoms with Gasteiger partial charge < -0.3 is 14.5 Å². The number of aryl methyl sites for hydroxylation is 1. The smallest absolute Gasteiger partial charge is 0.242 e. The summed E-state index contributed by atoms with van der Waals surface area (Å²) in [6.07, 6.45) is 1.74. The van der Waals surface area contributed by atoms with Gasteiger partial charge >= 0.3 is 0 Å². The van der Waals surface area contributed by atoms with Gasteiger partial charge in [-0.25, -0.2) is 4.68 Å². The van der Waals surface area contributed by atoms with Gasteiger partial charge in [-0.2, -0.15) is 0 Å². The molecule has 0 aliphatic carbocycles. The lowest BCUT2D eigenvalue weighted by molar-refractivity contribution is -0.145. The summed E-state index contributed by atoms with van der Waals surface area (Å²) in [4.78, 5) is 27.9. The minimum absolute atomic E-state index is 0.0437. The zero-order valence-electron chi connectivity index (χ0n) is 14.0. The van der Waals surface area contributed by atoms with E-state index in [-0.39, 0.29) is 24.8 Å². The summed E-state index contributed by atoms with van der Waals surface area (Å²) in [6.45, 7) is 2.13. The van der Waals surface area contributed by atoms with Crippen molar-refractivity contribution >= 4 is 11.8 Å². The van der Waals surface area contributed by atoms with Crippen LogP contribution in [0.4, 0.5) is 0 Å². The maximum atomic E-state index is 12.3. The van der Waals surface area contributed by atoms with Crippen molar-refractivity contribution in [3.05, 3.63) is 36.2 Å². The van der Waals surface area contributed by atoms with Crippen LogP contribution in [-0.4, -0.2) is 68.6 Å². The quantitative estimate of drug-likeness (QED) is 0.729. The summed E-state index contributed by atoms with van der Waals surface area (Å²) < 4.78 is 6.63. The second-order valence-corrected chi connectivity index (χ2v) is 5.80. The average molecular weight is 344 g/mol. The van der Waals surface area contributed by atoms with E-state index in [0.717, 1.165) is 11.3 Å². The SMILES string of the molecule is COc1ccc(CN2CCN(C(=O)CCn3cnnn3)CC2=O)cc1. The Kier molecular flexibility index (Phi) is 5.22. The van der Waals surface area contributed by atoms with Gasteiger partial charge in [-0.1, -0.05) is 12.1 Å². The number of carbonyl (C=O) groups excluding carboxylic acids is 2. The highest BCUT2D eigenvalue weighted by Crippen LogP contribution is 2.15. The molecule has 0 radical (unpaired) electrons. The van der Waals surface area contributed by atoms with Crippen LogP contribution in [0.3, 0.4) is 0 Å². The van der Waals surface area contributed by atoms with E-state index in [4.69, 9.17) is 4.74 Å². The summed E-state index contributed by atoms with van der Waals surface area (Å²) in [5, 5.41) is 10.8. The van der Waals surface area contributed by atoms with Crippen molar-refractivity contribution in [2.24, 2.45) is 0 Å². The number of ether oxygens (including phenoxy) is 1. The van der Waals surface area contributed by atoms with Crippen molar-refractivity contribution in [2.45, 2.75) is 19.5 Å². The molecule has 9 heteroatoms. The van der Waals surface area contributed by atoms with Crippen LogP contribution in [0, 0.1) is 0 Å². The number of carbonyl (C=O) groups is 2. The Morgan fingerprint density at radius 3 is 2.68 bits per heavy atom. The number of benzene rings is 1. The maximum Gasteiger partial charge on any atom is 0.242 e. The zero-order valence-corrected chi connectivity index (χ0v) is 14.0. The Balaban J connectivity index is 1.49. The van der Waals surface area contributed by atoms with E-state index in [9.17, 15) is 9.59 Å². The first-order valence-corrected chi connectivity index (χ1v) is 8.05. The van der Waals surface area contributed by atoms with E-state index in [1.54, 1.807) is 16.9 Å². The second kappa shape index (κ2) is 7.73. The van der Waals surface area contributed by atoms with Crippen LogP contribution in [0.1, 0.15) is 12.0 Å². The third-order valence-corrected chi connectivity index (χ3v) is 4.15. The first kappa shape index (κ1) is 16.9. The molecule has 132 valence electrons. The number of piperazine rings is 1. The van der Waals surface area contributed by atoms with Crippen molar-refractivity contribution in [1.82, 2.24) is 30.0 Å². The molecule has 0 bridgehead atoms. The molecule has 3 rings (SSSR count). The minimum Gasteiger partial charge on any atom is -0.497 e. The molecular formula is C16H20N6O3. The summed E-state index contributed by atoms with van der Waals surface area (Å²) in [5.74, 6) is 0.680. The van der Waals surface area contributed by atoms with Crippen molar-refractivity contribution in [3.63, 3.8) is 0 Å². The number of rotatable bonds is 6. The molecule has 1 aliphatic heterocycles. The fraction of sp³-hybridized carbons (Fsp3) is 0.438. The van der Waals surface area contributed by atoms with Gasteiger partial charge in [-0.15, -0.1) is 5.10 Å². The van der Waals surface area contributed by atoms with E-state index in [2.05, 4.69) is 15.5 Å². The zero-order chi connectivity index (χ0) is 17.6. The van der Waals surface area contributed by atoms with Gasteiger partial charge in [0.05, 0.1) is 20.2 Å². The lowest BCUT2D eigenvalue weighted by Crippen LogP contribution is -2.51. The Hall–Kier alpha value is -2.97. The molecule has 1 aliphatic rings. The topological polar surface area (TPSA) is 93.4 Å². The third kappa shape index (κ3) is 4.31. The van der Waals surface area contributed by atoms with Crippen molar-refractivity contribution < 1.29 is 14.3 Å². The molecule has 0 saturated carbocycles. The molecule has 0 unspecified atom stereocenters. The highest BCUT2D eigenvalue weighted by Gasteiger charge is 2.26. The molecule has 0 spiro atoms. The number of tetrazole rings is 1. The lowest BCUT2D eigenvalue weighted by atomic mass is 10.2. The first-order valence-electron chi connectivity index (χ1n) is 8.05. The van der Waals surface area contributed by atoms with Gasteiger partial charge in [0, 0.05) is 26.1 Å². The van der Waals surface area contributed by atoms with Gasteiger partial charge in [0.25, 0.3) is 0 Å². The van der Waals surface area contributed by atoms with Crippen LogP contribution >= 0.6 is 0 Å². The summed E-state index contributed by atoms with van der Waals surface area (Å²) in [7, 11) is 1.62. The molecule has 9 nitrogen and oxygen atoms in total. The van der Waals surface area contributed by atoms with E-state index in [1.165, 1.54) is 11.0 Å². The second-order valence-electron chi connectivity index (χ2n) is 5.80. The number of methoxy groups -OCH3 is 1.